The van der Waals surface area contributed by atoms with E-state index in [0.29, 0.717) is 17.5 Å². The van der Waals surface area contributed by atoms with Crippen LogP contribution in [0.1, 0.15) is 0 Å². The molecule has 0 aliphatic carbocycles. The fourth-order valence-corrected chi connectivity index (χ4v) is 9.51. The number of hydrogen-bond acceptors (Lipinski definition) is 4. The van der Waals surface area contributed by atoms with Gasteiger partial charge in [0.1, 0.15) is 5.58 Å². The SMILES string of the molecule is c1ccc(-c2ccc3c(c2)c2ccccc2n3-c2cccc3oc4c(ccc5c6cc(-c7nc(-c8ccccc8)nc(-c8ccccc8)n7)ccc6n(-c6ccccc6)c54)c23)cc1. The first kappa shape index (κ1) is 35.2. The van der Waals surface area contributed by atoms with Crippen LogP contribution in [0.15, 0.2) is 217 Å². The zero-order valence-electron chi connectivity index (χ0n) is 33.9. The Morgan fingerprint density at radius 1 is 0.333 bits per heavy atom. The topological polar surface area (TPSA) is 61.7 Å². The van der Waals surface area contributed by atoms with Crippen LogP contribution in [0.5, 0.6) is 0 Å². The van der Waals surface area contributed by atoms with Gasteiger partial charge in [-0.1, -0.05) is 146 Å². The van der Waals surface area contributed by atoms with E-state index in [2.05, 4.69) is 161 Å². The first-order valence-corrected chi connectivity index (χ1v) is 21.2. The van der Waals surface area contributed by atoms with Crippen molar-refractivity contribution in [2.24, 2.45) is 0 Å². The van der Waals surface area contributed by atoms with E-state index >= 15 is 0 Å². The summed E-state index contributed by atoms with van der Waals surface area (Å²) in [7, 11) is 0. The van der Waals surface area contributed by atoms with E-state index in [-0.39, 0.29) is 0 Å². The highest BCUT2D eigenvalue weighted by atomic mass is 16.3. The lowest BCUT2D eigenvalue weighted by molar-refractivity contribution is 0.671. The van der Waals surface area contributed by atoms with Crippen molar-refractivity contribution >= 4 is 65.6 Å². The van der Waals surface area contributed by atoms with Crippen LogP contribution in [-0.4, -0.2) is 24.1 Å². The van der Waals surface area contributed by atoms with Crippen LogP contribution in [0.3, 0.4) is 0 Å². The van der Waals surface area contributed by atoms with E-state index < -0.39 is 0 Å². The number of para-hydroxylation sites is 2. The minimum atomic E-state index is 0.613. The van der Waals surface area contributed by atoms with Crippen LogP contribution >= 0.6 is 0 Å². The van der Waals surface area contributed by atoms with Gasteiger partial charge in [-0.2, -0.15) is 0 Å². The molecule has 0 amide bonds. The summed E-state index contributed by atoms with van der Waals surface area (Å²) < 4.78 is 11.8. The van der Waals surface area contributed by atoms with Gasteiger partial charge in [0.25, 0.3) is 0 Å². The highest BCUT2D eigenvalue weighted by Gasteiger charge is 2.23. The molecule has 0 fully saturated rings. The summed E-state index contributed by atoms with van der Waals surface area (Å²) >= 11 is 0. The van der Waals surface area contributed by atoms with Crippen molar-refractivity contribution in [3.63, 3.8) is 0 Å². The number of furan rings is 1. The number of rotatable bonds is 6. The predicted molar refractivity (Wildman–Crippen MR) is 258 cm³/mol. The monoisotopic (exact) mass is 805 g/mol. The maximum atomic E-state index is 7.07. The lowest BCUT2D eigenvalue weighted by Gasteiger charge is -2.10. The van der Waals surface area contributed by atoms with Crippen molar-refractivity contribution in [2.45, 2.75) is 0 Å². The number of aromatic nitrogens is 5. The zero-order valence-corrected chi connectivity index (χ0v) is 33.9. The van der Waals surface area contributed by atoms with Crippen molar-refractivity contribution < 1.29 is 4.42 Å². The third-order valence-electron chi connectivity index (χ3n) is 12.4. The van der Waals surface area contributed by atoms with Gasteiger partial charge in [-0.05, 0) is 77.9 Å². The molecule has 294 valence electrons. The van der Waals surface area contributed by atoms with Crippen molar-refractivity contribution in [1.82, 2.24) is 24.1 Å². The van der Waals surface area contributed by atoms with Gasteiger partial charge in [-0.25, -0.2) is 15.0 Å². The van der Waals surface area contributed by atoms with Crippen LogP contribution in [0, 0.1) is 0 Å². The zero-order chi connectivity index (χ0) is 41.4. The maximum absolute atomic E-state index is 7.07. The van der Waals surface area contributed by atoms with Gasteiger partial charge < -0.3 is 13.6 Å². The molecule has 0 atom stereocenters. The minimum Gasteiger partial charge on any atom is -0.454 e. The molecule has 0 radical (unpaired) electrons. The number of hydrogen-bond donors (Lipinski definition) is 0. The Morgan fingerprint density at radius 3 is 1.56 bits per heavy atom. The van der Waals surface area contributed by atoms with Crippen LogP contribution in [0.2, 0.25) is 0 Å². The van der Waals surface area contributed by atoms with Crippen LogP contribution in [0.4, 0.5) is 0 Å². The molecule has 4 heterocycles. The fraction of sp³-hybridized carbons (Fsp3) is 0. The molecule has 6 nitrogen and oxygen atoms in total. The van der Waals surface area contributed by atoms with E-state index in [1.807, 2.05) is 60.7 Å². The summed E-state index contributed by atoms with van der Waals surface area (Å²) in [5.41, 5.74) is 13.3. The Hall–Kier alpha value is -8.61. The third kappa shape index (κ3) is 5.55. The molecule has 0 aliphatic heterocycles. The lowest BCUT2D eigenvalue weighted by Crippen LogP contribution is -2.00. The van der Waals surface area contributed by atoms with Crippen molar-refractivity contribution in [1.29, 1.82) is 0 Å². The molecule has 6 heteroatoms. The molecule has 0 aliphatic rings. The molecular formula is C57H35N5O. The van der Waals surface area contributed by atoms with Crippen molar-refractivity contribution in [2.75, 3.05) is 0 Å². The lowest BCUT2D eigenvalue weighted by atomic mass is 10.0. The molecule has 0 N–H and O–H groups in total. The smallest absolute Gasteiger partial charge is 0.164 e. The Bertz CT molecular complexity index is 3830. The van der Waals surface area contributed by atoms with Gasteiger partial charge in [-0.15, -0.1) is 0 Å². The molecule has 0 unspecified atom stereocenters. The molecule has 0 spiro atoms. The molecule has 13 rings (SSSR count). The van der Waals surface area contributed by atoms with Gasteiger partial charge in [0.2, 0.25) is 0 Å². The summed E-state index contributed by atoms with van der Waals surface area (Å²) in [6, 6.07) is 74.3. The quantitative estimate of drug-likeness (QED) is 0.168. The molecule has 13 aromatic rings. The largest absolute Gasteiger partial charge is 0.454 e. The standard InChI is InChI=1S/C57H35N5O/c1-5-16-36(17-6-1)39-28-32-49-45(34-39)42-24-13-14-25-47(42)62(49)50-26-15-27-51-52(50)44-31-30-43-46-35-40(29-33-48(46)61(53(43)54(44)63-51)41-22-11-4-12-23-41)57-59-55(37-18-7-2-8-19-37)58-56(60-57)38-20-9-3-10-21-38/h1-35H. The van der Waals surface area contributed by atoms with Gasteiger partial charge >= 0.3 is 0 Å². The van der Waals surface area contributed by atoms with E-state index in [0.717, 1.165) is 82.8 Å². The number of nitrogens with zero attached hydrogens (tertiary/aromatic N) is 5. The average Bonchev–Trinajstić information content (AvgIpc) is 4.02. The molecular weight excluding hydrogens is 771 g/mol. The minimum absolute atomic E-state index is 0.613. The third-order valence-corrected chi connectivity index (χ3v) is 12.4. The van der Waals surface area contributed by atoms with Crippen LogP contribution < -0.4 is 0 Å². The molecule has 0 bridgehead atoms. The molecule has 63 heavy (non-hydrogen) atoms. The molecule has 0 saturated carbocycles. The number of benzene rings is 9. The average molecular weight is 806 g/mol. The number of fused-ring (bicyclic) bond motifs is 10. The van der Waals surface area contributed by atoms with Crippen LogP contribution in [-0.2, 0) is 0 Å². The summed E-state index contributed by atoms with van der Waals surface area (Å²) in [6.07, 6.45) is 0. The van der Waals surface area contributed by atoms with Crippen LogP contribution in [0.25, 0.3) is 122 Å². The highest BCUT2D eigenvalue weighted by molar-refractivity contribution is 6.23. The first-order chi connectivity index (χ1) is 31.2. The second kappa shape index (κ2) is 14.0. The highest BCUT2D eigenvalue weighted by Crippen LogP contribution is 2.44. The Labute approximate surface area is 361 Å². The van der Waals surface area contributed by atoms with E-state index in [4.69, 9.17) is 19.4 Å². The van der Waals surface area contributed by atoms with Crippen molar-refractivity contribution in [3.8, 4) is 56.7 Å². The van der Waals surface area contributed by atoms with Gasteiger partial charge in [0.15, 0.2) is 23.1 Å². The molecule has 4 aromatic heterocycles. The second-order valence-electron chi connectivity index (χ2n) is 16.0. The predicted octanol–water partition coefficient (Wildman–Crippen LogP) is 14.6. The van der Waals surface area contributed by atoms with Crippen molar-refractivity contribution in [3.05, 3.63) is 212 Å². The fourth-order valence-electron chi connectivity index (χ4n) is 9.51. The Balaban J connectivity index is 1.05. The van der Waals surface area contributed by atoms with Gasteiger partial charge in [0.05, 0.1) is 33.1 Å². The summed E-state index contributed by atoms with van der Waals surface area (Å²) in [4.78, 5) is 15.1. The second-order valence-corrected chi connectivity index (χ2v) is 16.0. The maximum Gasteiger partial charge on any atom is 0.164 e. The Morgan fingerprint density at radius 2 is 0.857 bits per heavy atom. The normalized spacial score (nSPS) is 11.8. The van der Waals surface area contributed by atoms with Gasteiger partial charge in [-0.3, -0.25) is 0 Å². The molecule has 9 aromatic carbocycles. The van der Waals surface area contributed by atoms with E-state index in [9.17, 15) is 0 Å². The van der Waals surface area contributed by atoms with Gasteiger partial charge in [0, 0.05) is 49.3 Å². The Kier molecular flexibility index (Phi) is 7.80. The van der Waals surface area contributed by atoms with E-state index in [1.54, 1.807) is 0 Å². The summed E-state index contributed by atoms with van der Waals surface area (Å²) in [5, 5.41) is 6.70. The molecule has 0 saturated heterocycles. The summed E-state index contributed by atoms with van der Waals surface area (Å²) in [5.74, 6) is 1.87. The summed E-state index contributed by atoms with van der Waals surface area (Å²) in [6.45, 7) is 0. The first-order valence-electron chi connectivity index (χ1n) is 21.2. The van der Waals surface area contributed by atoms with E-state index in [1.165, 1.54) is 21.9 Å².